The normalized spacial score (nSPS) is 14.2. The van der Waals surface area contributed by atoms with Gasteiger partial charge in [-0.2, -0.15) is 0 Å². The number of aromatic nitrogens is 1. The third kappa shape index (κ3) is 6.82. The Labute approximate surface area is 179 Å². The first-order chi connectivity index (χ1) is 14.9. The van der Waals surface area contributed by atoms with Crippen LogP contribution in [-0.4, -0.2) is 71.8 Å². The van der Waals surface area contributed by atoms with Gasteiger partial charge in [0.05, 0.1) is 19.0 Å². The van der Waals surface area contributed by atoms with Crippen LogP contribution in [0.5, 0.6) is 5.88 Å². The summed E-state index contributed by atoms with van der Waals surface area (Å²) in [7, 11) is 1.50. The standard InChI is InChI=1S/C21H26FN5O4/c1-31-19-5-4-17(14-23-19)24-20(28)25-18-12-15(11-16(22)13-18)3-2-6-26-7-9-27(10-8-26)21(29)30/h4-5,11-14H,2-3,6-10H2,1H3,(H,29,30)(H2,24,25,28). The fourth-order valence-corrected chi connectivity index (χ4v) is 3.40. The van der Waals surface area contributed by atoms with Crippen LogP contribution in [0.15, 0.2) is 36.5 Å². The van der Waals surface area contributed by atoms with Crippen molar-refractivity contribution in [3.63, 3.8) is 0 Å². The molecule has 1 aliphatic rings. The number of nitrogens with zero attached hydrogens (tertiary/aromatic N) is 3. The van der Waals surface area contributed by atoms with Crippen molar-refractivity contribution in [3.05, 3.63) is 47.9 Å². The lowest BCUT2D eigenvalue weighted by Crippen LogP contribution is -2.48. The summed E-state index contributed by atoms with van der Waals surface area (Å²) >= 11 is 0. The second-order valence-electron chi connectivity index (χ2n) is 7.23. The van der Waals surface area contributed by atoms with Gasteiger partial charge in [0.25, 0.3) is 0 Å². The Hall–Kier alpha value is -3.40. The lowest BCUT2D eigenvalue weighted by molar-refractivity contribution is 0.105. The minimum absolute atomic E-state index is 0.365. The Morgan fingerprint density at radius 3 is 2.52 bits per heavy atom. The van der Waals surface area contributed by atoms with E-state index in [0.29, 0.717) is 49.9 Å². The number of anilines is 2. The molecule has 3 amide bonds. The third-order valence-electron chi connectivity index (χ3n) is 5.00. The number of carbonyl (C=O) groups is 2. The number of methoxy groups -OCH3 is 1. The summed E-state index contributed by atoms with van der Waals surface area (Å²) in [6.45, 7) is 3.20. The number of urea groups is 1. The van der Waals surface area contributed by atoms with E-state index in [1.54, 1.807) is 18.2 Å². The zero-order chi connectivity index (χ0) is 22.2. The zero-order valence-electron chi connectivity index (χ0n) is 17.3. The molecule has 0 saturated carbocycles. The highest BCUT2D eigenvalue weighted by molar-refractivity contribution is 5.99. The molecule has 3 N–H and O–H groups in total. The van der Waals surface area contributed by atoms with E-state index < -0.39 is 17.9 Å². The summed E-state index contributed by atoms with van der Waals surface area (Å²) in [5.74, 6) is 0.0125. The van der Waals surface area contributed by atoms with E-state index in [1.807, 2.05) is 0 Å². The number of pyridine rings is 1. The van der Waals surface area contributed by atoms with Crippen LogP contribution in [0.3, 0.4) is 0 Å². The molecular formula is C21H26FN5O4. The molecule has 2 aromatic rings. The number of piperazine rings is 1. The first-order valence-electron chi connectivity index (χ1n) is 10.0. The van der Waals surface area contributed by atoms with Crippen molar-refractivity contribution in [2.24, 2.45) is 0 Å². The second-order valence-corrected chi connectivity index (χ2v) is 7.23. The van der Waals surface area contributed by atoms with Crippen LogP contribution >= 0.6 is 0 Å². The van der Waals surface area contributed by atoms with E-state index in [-0.39, 0.29) is 0 Å². The van der Waals surface area contributed by atoms with Gasteiger partial charge >= 0.3 is 12.1 Å². The molecule has 0 unspecified atom stereocenters. The molecule has 31 heavy (non-hydrogen) atoms. The van der Waals surface area contributed by atoms with Crippen molar-refractivity contribution in [2.45, 2.75) is 12.8 Å². The molecule has 2 heterocycles. The monoisotopic (exact) mass is 431 g/mol. The van der Waals surface area contributed by atoms with Crippen molar-refractivity contribution in [1.29, 1.82) is 0 Å². The largest absolute Gasteiger partial charge is 0.481 e. The summed E-state index contributed by atoms with van der Waals surface area (Å²) in [4.78, 5) is 30.8. The van der Waals surface area contributed by atoms with Gasteiger partial charge in [-0.05, 0) is 49.2 Å². The van der Waals surface area contributed by atoms with Crippen molar-refractivity contribution < 1.29 is 23.8 Å². The number of halogens is 1. The summed E-state index contributed by atoms with van der Waals surface area (Å²) in [6, 6.07) is 7.24. The molecular weight excluding hydrogens is 405 g/mol. The highest BCUT2D eigenvalue weighted by Gasteiger charge is 2.19. The predicted octanol–water partition coefficient (Wildman–Crippen LogP) is 3.10. The number of hydrogen-bond donors (Lipinski definition) is 3. The molecule has 3 rings (SSSR count). The highest BCUT2D eigenvalue weighted by Crippen LogP contribution is 2.17. The van der Waals surface area contributed by atoms with Gasteiger partial charge in [0.15, 0.2) is 0 Å². The van der Waals surface area contributed by atoms with E-state index in [0.717, 1.165) is 18.5 Å². The predicted molar refractivity (Wildman–Crippen MR) is 114 cm³/mol. The van der Waals surface area contributed by atoms with E-state index in [9.17, 15) is 14.0 Å². The van der Waals surface area contributed by atoms with Gasteiger partial charge in [-0.3, -0.25) is 4.90 Å². The fraction of sp³-hybridized carbons (Fsp3) is 0.381. The van der Waals surface area contributed by atoms with Gasteiger partial charge in [-0.1, -0.05) is 0 Å². The Bertz CT molecular complexity index is 901. The average molecular weight is 431 g/mol. The summed E-state index contributed by atoms with van der Waals surface area (Å²) < 4.78 is 19.0. The Kier molecular flexibility index (Phi) is 7.60. The van der Waals surface area contributed by atoms with Gasteiger partial charge in [0.2, 0.25) is 5.88 Å². The van der Waals surface area contributed by atoms with Crippen LogP contribution in [0.4, 0.5) is 25.4 Å². The first kappa shape index (κ1) is 22.3. The van der Waals surface area contributed by atoms with E-state index in [4.69, 9.17) is 9.84 Å². The molecule has 0 bridgehead atoms. The SMILES string of the molecule is COc1ccc(NC(=O)Nc2cc(F)cc(CCCN3CCN(C(=O)O)CC3)c2)cn1. The van der Waals surface area contributed by atoms with Crippen LogP contribution in [0.2, 0.25) is 0 Å². The van der Waals surface area contributed by atoms with Gasteiger partial charge in [0.1, 0.15) is 5.82 Å². The number of carboxylic acid groups (broad SMARTS) is 1. The maximum atomic E-state index is 14.0. The minimum Gasteiger partial charge on any atom is -0.481 e. The fourth-order valence-electron chi connectivity index (χ4n) is 3.40. The van der Waals surface area contributed by atoms with Crippen molar-refractivity contribution in [2.75, 3.05) is 50.5 Å². The number of carbonyl (C=O) groups excluding carboxylic acids is 1. The molecule has 0 spiro atoms. The van der Waals surface area contributed by atoms with Crippen LogP contribution in [0.1, 0.15) is 12.0 Å². The molecule has 1 aromatic carbocycles. The van der Waals surface area contributed by atoms with Gasteiger partial charge in [-0.25, -0.2) is 19.0 Å². The van der Waals surface area contributed by atoms with Crippen LogP contribution in [0.25, 0.3) is 0 Å². The van der Waals surface area contributed by atoms with Gasteiger partial charge < -0.3 is 25.4 Å². The van der Waals surface area contributed by atoms with Crippen molar-refractivity contribution in [1.82, 2.24) is 14.8 Å². The first-order valence-corrected chi connectivity index (χ1v) is 10.0. The lowest BCUT2D eigenvalue weighted by Gasteiger charge is -2.33. The molecule has 1 fully saturated rings. The average Bonchev–Trinajstić information content (AvgIpc) is 2.74. The van der Waals surface area contributed by atoms with Gasteiger partial charge in [0, 0.05) is 37.9 Å². The Morgan fingerprint density at radius 2 is 1.87 bits per heavy atom. The molecule has 0 atom stereocenters. The number of hydrogen-bond acceptors (Lipinski definition) is 5. The second kappa shape index (κ2) is 10.6. The number of benzene rings is 1. The molecule has 1 aromatic heterocycles. The van der Waals surface area contributed by atoms with Crippen molar-refractivity contribution in [3.8, 4) is 5.88 Å². The number of amides is 3. The Morgan fingerprint density at radius 1 is 1.13 bits per heavy atom. The molecule has 166 valence electrons. The van der Waals surface area contributed by atoms with Gasteiger partial charge in [-0.15, -0.1) is 0 Å². The van der Waals surface area contributed by atoms with Crippen LogP contribution < -0.4 is 15.4 Å². The number of nitrogens with one attached hydrogen (secondary N) is 2. The molecule has 9 nitrogen and oxygen atoms in total. The lowest BCUT2D eigenvalue weighted by atomic mass is 10.1. The maximum Gasteiger partial charge on any atom is 0.407 e. The molecule has 1 aliphatic heterocycles. The quantitative estimate of drug-likeness (QED) is 0.622. The minimum atomic E-state index is -0.883. The number of aryl methyl sites for hydroxylation is 1. The zero-order valence-corrected chi connectivity index (χ0v) is 17.3. The van der Waals surface area contributed by atoms with E-state index in [1.165, 1.54) is 30.3 Å². The number of ether oxygens (including phenoxy) is 1. The smallest absolute Gasteiger partial charge is 0.407 e. The maximum absolute atomic E-state index is 14.0. The van der Waals surface area contributed by atoms with Crippen LogP contribution in [-0.2, 0) is 6.42 Å². The van der Waals surface area contributed by atoms with E-state index in [2.05, 4.69) is 20.5 Å². The third-order valence-corrected chi connectivity index (χ3v) is 5.00. The molecule has 0 aliphatic carbocycles. The number of rotatable bonds is 7. The molecule has 0 radical (unpaired) electrons. The molecule has 1 saturated heterocycles. The molecule has 10 heteroatoms. The topological polar surface area (TPSA) is 107 Å². The highest BCUT2D eigenvalue weighted by atomic mass is 19.1. The van der Waals surface area contributed by atoms with Crippen LogP contribution in [0, 0.1) is 5.82 Å². The van der Waals surface area contributed by atoms with E-state index >= 15 is 0 Å². The summed E-state index contributed by atoms with van der Waals surface area (Å²) in [6.07, 6.45) is 2.03. The van der Waals surface area contributed by atoms with Crippen molar-refractivity contribution >= 4 is 23.5 Å². The Balaban J connectivity index is 1.48. The summed E-state index contributed by atoms with van der Waals surface area (Å²) in [5.41, 5.74) is 1.63. The summed E-state index contributed by atoms with van der Waals surface area (Å²) in [5, 5.41) is 14.3.